The van der Waals surface area contributed by atoms with E-state index in [0.717, 1.165) is 39.1 Å². The summed E-state index contributed by atoms with van der Waals surface area (Å²) >= 11 is 1.39. The number of hydrogen-bond donors (Lipinski definition) is 0. The Balaban J connectivity index is 1.38. The summed E-state index contributed by atoms with van der Waals surface area (Å²) in [5, 5.41) is 15.9. The summed E-state index contributed by atoms with van der Waals surface area (Å²) in [4.78, 5) is 13.5. The van der Waals surface area contributed by atoms with Gasteiger partial charge in [-0.15, -0.1) is 10.2 Å². The zero-order valence-electron chi connectivity index (χ0n) is 20.2. The molecule has 8 heteroatoms. The number of amides is 1. The first kappa shape index (κ1) is 23.8. The van der Waals surface area contributed by atoms with Gasteiger partial charge in [0.25, 0.3) is 5.91 Å². The van der Waals surface area contributed by atoms with Gasteiger partial charge in [-0.1, -0.05) is 84.6 Å². The molecule has 36 heavy (non-hydrogen) atoms. The summed E-state index contributed by atoms with van der Waals surface area (Å²) in [6.45, 7) is 2.76. The van der Waals surface area contributed by atoms with Crippen LogP contribution in [0.1, 0.15) is 30.5 Å². The van der Waals surface area contributed by atoms with Gasteiger partial charge in [-0.3, -0.25) is 4.79 Å². The molecule has 0 radical (unpaired) electrons. The average Bonchev–Trinajstić information content (AvgIpc) is 3.57. The van der Waals surface area contributed by atoms with Gasteiger partial charge in [0.05, 0.1) is 24.6 Å². The minimum Gasteiger partial charge on any atom is -0.497 e. The van der Waals surface area contributed by atoms with Crippen molar-refractivity contribution in [3.8, 4) is 17.1 Å². The number of carbonyl (C=O) groups excluding carboxylic acids is 1. The van der Waals surface area contributed by atoms with Crippen LogP contribution in [0.5, 0.6) is 5.75 Å². The Morgan fingerprint density at radius 1 is 0.944 bits per heavy atom. The van der Waals surface area contributed by atoms with E-state index in [1.165, 1.54) is 11.8 Å². The number of nitrogens with zero attached hydrogens (tertiary/aromatic N) is 5. The van der Waals surface area contributed by atoms with Gasteiger partial charge in [0.15, 0.2) is 11.0 Å². The lowest BCUT2D eigenvalue weighted by Crippen LogP contribution is -2.28. The number of benzene rings is 3. The highest BCUT2D eigenvalue weighted by atomic mass is 32.2. The molecule has 3 aromatic carbocycles. The number of aromatic nitrogens is 3. The Morgan fingerprint density at radius 3 is 2.25 bits per heavy atom. The maximum atomic E-state index is 13.5. The Hall–Kier alpha value is -3.91. The second-order valence-electron chi connectivity index (χ2n) is 8.35. The van der Waals surface area contributed by atoms with Gasteiger partial charge in [-0.2, -0.15) is 5.10 Å². The molecule has 7 nitrogen and oxygen atoms in total. The molecule has 1 aliphatic rings. The van der Waals surface area contributed by atoms with E-state index in [2.05, 4.69) is 17.1 Å². The van der Waals surface area contributed by atoms with Crippen LogP contribution in [0.4, 0.5) is 0 Å². The fourth-order valence-electron chi connectivity index (χ4n) is 4.30. The van der Waals surface area contributed by atoms with Gasteiger partial charge in [-0.25, -0.2) is 5.01 Å². The lowest BCUT2D eigenvalue weighted by molar-refractivity contribution is -0.130. The Kier molecular flexibility index (Phi) is 7.13. The Morgan fingerprint density at radius 2 is 1.61 bits per heavy atom. The third-order valence-electron chi connectivity index (χ3n) is 6.16. The summed E-state index contributed by atoms with van der Waals surface area (Å²) in [6, 6.07) is 27.6. The summed E-state index contributed by atoms with van der Waals surface area (Å²) in [5.74, 6) is 1.72. The van der Waals surface area contributed by atoms with E-state index in [-0.39, 0.29) is 17.7 Å². The number of ether oxygens (including phenoxy) is 1. The minimum absolute atomic E-state index is 0.0707. The summed E-state index contributed by atoms with van der Waals surface area (Å²) < 4.78 is 7.35. The molecule has 5 rings (SSSR count). The molecule has 1 aliphatic heterocycles. The fourth-order valence-corrected chi connectivity index (χ4v) is 5.16. The van der Waals surface area contributed by atoms with Gasteiger partial charge >= 0.3 is 0 Å². The normalized spacial score (nSPS) is 15.1. The van der Waals surface area contributed by atoms with E-state index in [0.29, 0.717) is 13.0 Å². The van der Waals surface area contributed by atoms with E-state index < -0.39 is 0 Å². The molecule has 182 valence electrons. The molecule has 0 fully saturated rings. The van der Waals surface area contributed by atoms with Crippen molar-refractivity contribution in [2.75, 3.05) is 12.9 Å². The Bertz CT molecular complexity index is 1350. The van der Waals surface area contributed by atoms with Crippen molar-refractivity contribution in [3.63, 3.8) is 0 Å². The predicted molar refractivity (Wildman–Crippen MR) is 142 cm³/mol. The van der Waals surface area contributed by atoms with Crippen molar-refractivity contribution in [2.45, 2.75) is 31.1 Å². The molecule has 0 spiro atoms. The van der Waals surface area contributed by atoms with Crippen molar-refractivity contribution < 1.29 is 9.53 Å². The fraction of sp³-hybridized carbons (Fsp3) is 0.214. The molecule has 4 aromatic rings. The average molecular weight is 498 g/mol. The third-order valence-corrected chi connectivity index (χ3v) is 7.11. The van der Waals surface area contributed by atoms with Crippen LogP contribution in [0, 0.1) is 0 Å². The van der Waals surface area contributed by atoms with Crippen LogP contribution >= 0.6 is 11.8 Å². The van der Waals surface area contributed by atoms with Crippen molar-refractivity contribution in [3.05, 3.63) is 96.1 Å². The number of hydrogen-bond acceptors (Lipinski definition) is 6. The lowest BCUT2D eigenvalue weighted by Gasteiger charge is -2.22. The minimum atomic E-state index is -0.178. The van der Waals surface area contributed by atoms with Crippen molar-refractivity contribution in [1.29, 1.82) is 0 Å². The smallest absolute Gasteiger partial charge is 0.253 e. The van der Waals surface area contributed by atoms with Gasteiger partial charge in [0.1, 0.15) is 5.75 Å². The zero-order valence-corrected chi connectivity index (χ0v) is 21.1. The largest absolute Gasteiger partial charge is 0.497 e. The van der Waals surface area contributed by atoms with Crippen LogP contribution in [0.2, 0.25) is 0 Å². The molecular formula is C28H27N5O2S. The van der Waals surface area contributed by atoms with E-state index in [9.17, 15) is 4.79 Å². The molecular weight excluding hydrogens is 470 g/mol. The number of hydrazone groups is 1. The first-order valence-corrected chi connectivity index (χ1v) is 12.9. The standard InChI is InChI=1S/C28H27N5O2S/c1-3-32-27(22-12-8-5-9-13-22)29-30-28(32)36-19-26(34)33-25(21-14-16-23(35-2)17-15-21)18-24(31-33)20-10-6-4-7-11-20/h4-17,25H,3,18-19H2,1-2H3. The first-order chi connectivity index (χ1) is 17.7. The van der Waals surface area contributed by atoms with Crippen LogP contribution in [0.25, 0.3) is 11.4 Å². The summed E-state index contributed by atoms with van der Waals surface area (Å²) in [5.41, 5.74) is 3.95. The summed E-state index contributed by atoms with van der Waals surface area (Å²) in [6.07, 6.45) is 0.649. The highest BCUT2D eigenvalue weighted by Gasteiger charge is 2.33. The van der Waals surface area contributed by atoms with Crippen LogP contribution in [-0.4, -0.2) is 44.3 Å². The molecule has 0 N–H and O–H groups in total. The van der Waals surface area contributed by atoms with E-state index in [1.807, 2.05) is 89.5 Å². The molecule has 1 unspecified atom stereocenters. The lowest BCUT2D eigenvalue weighted by atomic mass is 9.98. The zero-order chi connectivity index (χ0) is 24.9. The third kappa shape index (κ3) is 4.90. The van der Waals surface area contributed by atoms with Crippen LogP contribution in [0.3, 0.4) is 0 Å². The summed E-state index contributed by atoms with van der Waals surface area (Å²) in [7, 11) is 1.65. The maximum absolute atomic E-state index is 13.5. The number of methoxy groups -OCH3 is 1. The van der Waals surface area contributed by atoms with E-state index >= 15 is 0 Å². The molecule has 1 aromatic heterocycles. The van der Waals surface area contributed by atoms with Crippen LogP contribution < -0.4 is 4.74 Å². The highest BCUT2D eigenvalue weighted by molar-refractivity contribution is 7.99. The topological polar surface area (TPSA) is 72.6 Å². The van der Waals surface area contributed by atoms with Gasteiger partial charge in [0, 0.05) is 18.5 Å². The quantitative estimate of drug-likeness (QED) is 0.303. The molecule has 0 aliphatic carbocycles. The first-order valence-electron chi connectivity index (χ1n) is 11.9. The van der Waals surface area contributed by atoms with Gasteiger partial charge in [0.2, 0.25) is 0 Å². The number of rotatable bonds is 8. The second-order valence-corrected chi connectivity index (χ2v) is 9.29. The van der Waals surface area contributed by atoms with Gasteiger partial charge < -0.3 is 9.30 Å². The predicted octanol–water partition coefficient (Wildman–Crippen LogP) is 5.44. The van der Waals surface area contributed by atoms with Gasteiger partial charge in [-0.05, 0) is 30.2 Å². The number of thioether (sulfide) groups is 1. The van der Waals surface area contributed by atoms with E-state index in [1.54, 1.807) is 12.1 Å². The monoisotopic (exact) mass is 497 g/mol. The van der Waals surface area contributed by atoms with Crippen molar-refractivity contribution in [2.24, 2.45) is 5.10 Å². The highest BCUT2D eigenvalue weighted by Crippen LogP contribution is 2.34. The SMILES string of the molecule is CCn1c(SCC(=O)N2N=C(c3ccccc3)CC2c2ccc(OC)cc2)nnc1-c1ccccc1. The molecule has 0 bridgehead atoms. The molecule has 0 saturated carbocycles. The maximum Gasteiger partial charge on any atom is 0.253 e. The molecule has 2 heterocycles. The number of carbonyl (C=O) groups is 1. The van der Waals surface area contributed by atoms with Crippen LogP contribution in [0.15, 0.2) is 95.2 Å². The van der Waals surface area contributed by atoms with Crippen LogP contribution in [-0.2, 0) is 11.3 Å². The second kappa shape index (κ2) is 10.8. The van der Waals surface area contributed by atoms with E-state index in [4.69, 9.17) is 9.84 Å². The Labute approximate surface area is 214 Å². The molecule has 1 amide bonds. The molecule has 0 saturated heterocycles. The van der Waals surface area contributed by atoms with Crippen molar-refractivity contribution in [1.82, 2.24) is 19.8 Å². The molecule has 1 atom stereocenters. The van der Waals surface area contributed by atoms with Crippen molar-refractivity contribution >= 4 is 23.4 Å².